The zero-order valence-corrected chi connectivity index (χ0v) is 20.7. The van der Waals surface area contributed by atoms with Gasteiger partial charge in [0, 0.05) is 24.7 Å². The van der Waals surface area contributed by atoms with Crippen LogP contribution in [0.1, 0.15) is 50.9 Å². The van der Waals surface area contributed by atoms with E-state index in [4.69, 9.17) is 19.2 Å². The predicted octanol–water partition coefficient (Wildman–Crippen LogP) is 5.10. The number of imidazole rings is 1. The van der Waals surface area contributed by atoms with Gasteiger partial charge in [0.05, 0.1) is 24.7 Å². The van der Waals surface area contributed by atoms with Crippen molar-refractivity contribution in [2.45, 2.75) is 57.6 Å². The van der Waals surface area contributed by atoms with E-state index < -0.39 is 6.10 Å². The Bertz CT molecular complexity index is 1050. The molecule has 0 radical (unpaired) electrons. The Morgan fingerprint density at radius 1 is 1.15 bits per heavy atom. The molecule has 2 aromatic carbocycles. The van der Waals surface area contributed by atoms with E-state index in [1.165, 1.54) is 0 Å². The Morgan fingerprint density at radius 3 is 2.58 bits per heavy atom. The van der Waals surface area contributed by atoms with E-state index in [0.29, 0.717) is 12.5 Å². The summed E-state index contributed by atoms with van der Waals surface area (Å²) in [5.41, 5.74) is 2.96. The summed E-state index contributed by atoms with van der Waals surface area (Å²) < 4.78 is 19.2. The van der Waals surface area contributed by atoms with Crippen molar-refractivity contribution in [3.05, 3.63) is 53.9 Å². The number of rotatable bonds is 7. The number of ether oxygens (including phenoxy) is 3. The van der Waals surface area contributed by atoms with E-state index in [2.05, 4.69) is 31.4 Å². The van der Waals surface area contributed by atoms with E-state index in [1.54, 1.807) is 7.11 Å². The third kappa shape index (κ3) is 5.81. The predicted molar refractivity (Wildman–Crippen MR) is 133 cm³/mol. The molecule has 7 heteroatoms. The van der Waals surface area contributed by atoms with E-state index in [0.717, 1.165) is 60.0 Å². The van der Waals surface area contributed by atoms with Crippen molar-refractivity contribution in [1.82, 2.24) is 9.55 Å². The number of fused-ring (bicyclic) bond motifs is 1. The second kappa shape index (κ2) is 10.8. The second-order valence-corrected chi connectivity index (χ2v) is 9.53. The Morgan fingerprint density at radius 2 is 1.88 bits per heavy atom. The summed E-state index contributed by atoms with van der Waals surface area (Å²) in [7, 11) is 1.66. The summed E-state index contributed by atoms with van der Waals surface area (Å²) in [4.78, 5) is 4.91. The molecule has 0 amide bonds. The van der Waals surface area contributed by atoms with Crippen molar-refractivity contribution in [2.24, 2.45) is 0 Å². The molecule has 0 spiro atoms. The first kappa shape index (κ1) is 25.3. The molecule has 1 aliphatic heterocycles. The van der Waals surface area contributed by atoms with Crippen LogP contribution in [0.25, 0.3) is 11.0 Å². The average molecular weight is 475 g/mol. The molecule has 0 saturated carbocycles. The molecule has 6 nitrogen and oxygen atoms in total. The summed E-state index contributed by atoms with van der Waals surface area (Å²) in [5.74, 6) is 2.96. The van der Waals surface area contributed by atoms with Crippen LogP contribution in [-0.2, 0) is 16.7 Å². The van der Waals surface area contributed by atoms with Crippen LogP contribution in [0.2, 0.25) is 0 Å². The molecule has 1 saturated heterocycles. The highest BCUT2D eigenvalue weighted by Crippen LogP contribution is 2.35. The molecule has 0 bridgehead atoms. The maximum absolute atomic E-state index is 10.9. The summed E-state index contributed by atoms with van der Waals surface area (Å²) in [6.45, 7) is 8.58. The highest BCUT2D eigenvalue weighted by molar-refractivity contribution is 5.85. The van der Waals surface area contributed by atoms with Gasteiger partial charge in [-0.15, -0.1) is 12.4 Å². The van der Waals surface area contributed by atoms with Gasteiger partial charge in [0.2, 0.25) is 0 Å². The Labute approximate surface area is 202 Å². The molecular formula is C26H35ClN2O4. The largest absolute Gasteiger partial charge is 0.497 e. The van der Waals surface area contributed by atoms with Crippen LogP contribution in [0.3, 0.4) is 0 Å². The maximum Gasteiger partial charge on any atom is 0.123 e. The zero-order chi connectivity index (χ0) is 22.7. The highest BCUT2D eigenvalue weighted by atomic mass is 35.5. The van der Waals surface area contributed by atoms with Crippen LogP contribution >= 0.6 is 12.4 Å². The Kier molecular flexibility index (Phi) is 8.27. The van der Waals surface area contributed by atoms with Gasteiger partial charge >= 0.3 is 0 Å². The summed E-state index contributed by atoms with van der Waals surface area (Å²) >= 11 is 0. The van der Waals surface area contributed by atoms with E-state index in [9.17, 15) is 5.11 Å². The number of aliphatic hydroxyl groups is 1. The van der Waals surface area contributed by atoms with Gasteiger partial charge in [0.25, 0.3) is 0 Å². The minimum absolute atomic E-state index is 0. The Hall–Kier alpha value is -2.28. The van der Waals surface area contributed by atoms with E-state index in [1.807, 2.05) is 36.4 Å². The maximum atomic E-state index is 10.9. The number of benzene rings is 2. The molecule has 3 aromatic rings. The number of para-hydroxylation sites is 2. The molecule has 1 aromatic heterocycles. The van der Waals surface area contributed by atoms with Gasteiger partial charge in [-0.3, -0.25) is 0 Å². The van der Waals surface area contributed by atoms with Crippen molar-refractivity contribution < 1.29 is 19.3 Å². The fourth-order valence-corrected chi connectivity index (χ4v) is 4.35. The summed E-state index contributed by atoms with van der Waals surface area (Å²) in [5, 5.41) is 10.9. The number of nitrogens with zero attached hydrogens (tertiary/aromatic N) is 2. The smallest absolute Gasteiger partial charge is 0.123 e. The highest BCUT2D eigenvalue weighted by Gasteiger charge is 2.25. The minimum Gasteiger partial charge on any atom is -0.497 e. The zero-order valence-electron chi connectivity index (χ0n) is 19.9. The van der Waals surface area contributed by atoms with Gasteiger partial charge in [-0.1, -0.05) is 32.9 Å². The molecular weight excluding hydrogens is 440 g/mol. The van der Waals surface area contributed by atoms with Gasteiger partial charge < -0.3 is 23.9 Å². The van der Waals surface area contributed by atoms with Gasteiger partial charge in [-0.25, -0.2) is 4.98 Å². The van der Waals surface area contributed by atoms with Crippen molar-refractivity contribution in [3.63, 3.8) is 0 Å². The summed E-state index contributed by atoms with van der Waals surface area (Å²) in [6.07, 6.45) is 1.24. The molecule has 1 fully saturated rings. The van der Waals surface area contributed by atoms with Gasteiger partial charge in [-0.2, -0.15) is 0 Å². The Balaban J connectivity index is 0.00000306. The van der Waals surface area contributed by atoms with Crippen LogP contribution in [0.15, 0.2) is 42.5 Å². The molecule has 1 atom stereocenters. The van der Waals surface area contributed by atoms with Crippen molar-refractivity contribution >= 4 is 23.4 Å². The van der Waals surface area contributed by atoms with Crippen LogP contribution in [0.4, 0.5) is 0 Å². The van der Waals surface area contributed by atoms with Crippen LogP contribution in [0.5, 0.6) is 11.5 Å². The lowest BCUT2D eigenvalue weighted by atomic mass is 9.86. The van der Waals surface area contributed by atoms with Crippen LogP contribution < -0.4 is 9.47 Å². The van der Waals surface area contributed by atoms with E-state index >= 15 is 0 Å². The first-order valence-corrected chi connectivity index (χ1v) is 11.4. The van der Waals surface area contributed by atoms with Gasteiger partial charge in [0.1, 0.15) is 30.0 Å². The molecule has 2 heterocycles. The van der Waals surface area contributed by atoms with Crippen molar-refractivity contribution in [1.29, 1.82) is 0 Å². The van der Waals surface area contributed by atoms with Crippen molar-refractivity contribution in [3.8, 4) is 11.5 Å². The van der Waals surface area contributed by atoms with Gasteiger partial charge in [0.15, 0.2) is 0 Å². The van der Waals surface area contributed by atoms with Gasteiger partial charge in [-0.05, 0) is 48.6 Å². The molecule has 1 aliphatic rings. The number of aromatic nitrogens is 2. The SMILES string of the molecule is COc1ccc(OCC(O)Cn2c(C3CCOCC3)nc3ccccc32)c(C(C)(C)C)c1.Cl. The average Bonchev–Trinajstić information content (AvgIpc) is 3.16. The topological polar surface area (TPSA) is 65.7 Å². The quantitative estimate of drug-likeness (QED) is 0.516. The fourth-order valence-electron chi connectivity index (χ4n) is 4.35. The molecule has 4 rings (SSSR count). The van der Waals surface area contributed by atoms with Crippen molar-refractivity contribution in [2.75, 3.05) is 26.9 Å². The second-order valence-electron chi connectivity index (χ2n) is 9.53. The molecule has 0 aliphatic carbocycles. The normalized spacial score (nSPS) is 15.8. The fraction of sp³-hybridized carbons (Fsp3) is 0.500. The number of halogens is 1. The lowest BCUT2D eigenvalue weighted by molar-refractivity contribution is 0.0778. The lowest BCUT2D eigenvalue weighted by Gasteiger charge is -2.25. The molecule has 180 valence electrons. The van der Waals surface area contributed by atoms with Crippen LogP contribution in [-0.4, -0.2) is 47.7 Å². The lowest BCUT2D eigenvalue weighted by Crippen LogP contribution is -2.27. The number of hydrogen-bond acceptors (Lipinski definition) is 5. The minimum atomic E-state index is -0.666. The molecule has 1 N–H and O–H groups in total. The number of aliphatic hydroxyl groups excluding tert-OH is 1. The summed E-state index contributed by atoms with van der Waals surface area (Å²) in [6, 6.07) is 13.9. The standard InChI is InChI=1S/C26H34N2O4.ClH/c1-26(2,3)21-15-20(30-4)9-10-24(21)32-17-19(29)16-28-23-8-6-5-7-22(23)27-25(28)18-11-13-31-14-12-18;/h5-10,15,18-19,29H,11-14,16-17H2,1-4H3;1H. The molecule has 1 unspecified atom stereocenters. The monoisotopic (exact) mass is 474 g/mol. The number of methoxy groups -OCH3 is 1. The first-order chi connectivity index (χ1) is 15.4. The van der Waals surface area contributed by atoms with E-state index in [-0.39, 0.29) is 24.4 Å². The van der Waals surface area contributed by atoms with Crippen LogP contribution in [0, 0.1) is 0 Å². The molecule has 33 heavy (non-hydrogen) atoms. The third-order valence-corrected chi connectivity index (χ3v) is 6.09. The first-order valence-electron chi connectivity index (χ1n) is 11.4. The number of hydrogen-bond donors (Lipinski definition) is 1. The third-order valence-electron chi connectivity index (χ3n) is 6.09.